The Morgan fingerprint density at radius 3 is 2.68 bits per heavy atom. The summed E-state index contributed by atoms with van der Waals surface area (Å²) in [6, 6.07) is 15.1. The number of hydrogen-bond donors (Lipinski definition) is 2. The fourth-order valence-electron chi connectivity index (χ4n) is 3.69. The first-order valence-corrected chi connectivity index (χ1v) is 9.95. The zero-order valence-electron chi connectivity index (χ0n) is 16.6. The molecule has 1 atom stereocenters. The van der Waals surface area contributed by atoms with Crippen molar-refractivity contribution in [1.82, 2.24) is 5.32 Å². The molecule has 0 saturated carbocycles. The van der Waals surface area contributed by atoms with Crippen LogP contribution in [0.15, 0.2) is 53.7 Å². The molecule has 0 amide bonds. The van der Waals surface area contributed by atoms with Crippen molar-refractivity contribution < 1.29 is 4.74 Å². The first-order chi connectivity index (χ1) is 13.7. The Morgan fingerprint density at radius 1 is 1.21 bits per heavy atom. The molecule has 5 nitrogen and oxygen atoms in total. The number of nitrogens with two attached hydrogens (primary N) is 1. The van der Waals surface area contributed by atoms with Crippen LogP contribution < -0.4 is 20.7 Å². The highest BCUT2D eigenvalue weighted by Crippen LogP contribution is 2.42. The maximum atomic E-state index is 6.42. The van der Waals surface area contributed by atoms with Crippen molar-refractivity contribution in [2.24, 2.45) is 10.7 Å². The Kier molecular flexibility index (Phi) is 5.35. The van der Waals surface area contributed by atoms with Crippen molar-refractivity contribution in [2.75, 3.05) is 25.0 Å². The zero-order valence-corrected chi connectivity index (χ0v) is 16.6. The quantitative estimate of drug-likeness (QED) is 0.783. The van der Waals surface area contributed by atoms with Gasteiger partial charge in [0.1, 0.15) is 11.5 Å². The van der Waals surface area contributed by atoms with Crippen LogP contribution in [0.1, 0.15) is 24.5 Å². The summed E-state index contributed by atoms with van der Waals surface area (Å²) in [5.41, 5.74) is 10.3. The van der Waals surface area contributed by atoms with Crippen molar-refractivity contribution in [3.05, 3.63) is 59.8 Å². The molecule has 0 radical (unpaired) electrons. The summed E-state index contributed by atoms with van der Waals surface area (Å²) in [7, 11) is 2.15. The van der Waals surface area contributed by atoms with E-state index in [1.165, 1.54) is 11.3 Å². The molecule has 146 valence electrons. The summed E-state index contributed by atoms with van der Waals surface area (Å²) < 4.78 is 6.42. The molecule has 2 heterocycles. The molecule has 0 spiro atoms. The Labute approximate surface area is 166 Å². The number of allylic oxidation sites excluding steroid dienone is 1. The second-order valence-electron chi connectivity index (χ2n) is 7.57. The molecule has 2 aliphatic heterocycles. The van der Waals surface area contributed by atoms with Gasteiger partial charge in [0.05, 0.1) is 6.04 Å². The largest absolute Gasteiger partial charge is 0.456 e. The Morgan fingerprint density at radius 2 is 2.00 bits per heavy atom. The van der Waals surface area contributed by atoms with Crippen molar-refractivity contribution in [3.8, 4) is 11.5 Å². The van der Waals surface area contributed by atoms with Crippen LogP contribution in [0.4, 0.5) is 5.69 Å². The fraction of sp³-hybridized carbons (Fsp3) is 0.348. The third-order valence-electron chi connectivity index (χ3n) is 5.73. The fourth-order valence-corrected chi connectivity index (χ4v) is 3.69. The number of benzene rings is 2. The van der Waals surface area contributed by atoms with Gasteiger partial charge in [-0.25, -0.2) is 0 Å². The lowest BCUT2D eigenvalue weighted by Gasteiger charge is -2.35. The molecule has 2 aromatic rings. The van der Waals surface area contributed by atoms with Crippen molar-refractivity contribution in [2.45, 2.75) is 31.8 Å². The Balaban J connectivity index is 1.77. The molecule has 1 unspecified atom stereocenters. The molecule has 2 aromatic carbocycles. The number of ether oxygens (including phenoxy) is 1. The van der Waals surface area contributed by atoms with Crippen molar-refractivity contribution >= 4 is 17.5 Å². The van der Waals surface area contributed by atoms with Gasteiger partial charge in [-0.2, -0.15) is 0 Å². The minimum atomic E-state index is 0.332. The smallest absolute Gasteiger partial charge is 0.140 e. The Bertz CT molecular complexity index is 887. The molecule has 28 heavy (non-hydrogen) atoms. The molecule has 3 N–H and O–H groups in total. The molecular formula is C23H28N4O. The average molecular weight is 377 g/mol. The van der Waals surface area contributed by atoms with Gasteiger partial charge in [0.2, 0.25) is 0 Å². The second-order valence-corrected chi connectivity index (χ2v) is 7.57. The van der Waals surface area contributed by atoms with Gasteiger partial charge in [0, 0.05) is 61.0 Å². The average Bonchev–Trinajstić information content (AvgIpc) is 2.68. The number of nitrogens with zero attached hydrogens (tertiary/aromatic N) is 2. The molecule has 0 bridgehead atoms. The number of para-hydroxylation sites is 1. The van der Waals surface area contributed by atoms with Crippen LogP contribution in [0.2, 0.25) is 0 Å². The number of nitrogens with one attached hydrogen (secondary N) is 1. The van der Waals surface area contributed by atoms with Crippen molar-refractivity contribution in [3.63, 3.8) is 0 Å². The van der Waals surface area contributed by atoms with Gasteiger partial charge < -0.3 is 20.7 Å². The standard InChI is InChI=1S/C23H28N4O/c1-16-8-9-21-22(27(16)2)11-10-20(17(12-24)13-26-18-14-25-15-18)23(21)28-19-6-4-3-5-7-19/h3-7,10-13,16,18,25H,8-9,14-15,24H2,1-2H3. The minimum absolute atomic E-state index is 0.332. The first-order valence-electron chi connectivity index (χ1n) is 9.95. The lowest BCUT2D eigenvalue weighted by molar-refractivity contribution is 0.449. The van der Waals surface area contributed by atoms with E-state index in [-0.39, 0.29) is 0 Å². The van der Waals surface area contributed by atoms with Gasteiger partial charge in [-0.1, -0.05) is 18.2 Å². The monoisotopic (exact) mass is 376 g/mol. The topological polar surface area (TPSA) is 62.9 Å². The molecular weight excluding hydrogens is 348 g/mol. The van der Waals surface area contributed by atoms with Gasteiger partial charge in [-0.05, 0) is 44.0 Å². The number of anilines is 1. The van der Waals surface area contributed by atoms with Crippen LogP contribution in [0.5, 0.6) is 11.5 Å². The highest BCUT2D eigenvalue weighted by atomic mass is 16.5. The van der Waals surface area contributed by atoms with Crippen LogP contribution in [0.3, 0.4) is 0 Å². The third kappa shape index (κ3) is 3.62. The highest BCUT2D eigenvalue weighted by molar-refractivity contribution is 6.11. The van der Waals surface area contributed by atoms with Crippen LogP contribution in [-0.4, -0.2) is 38.4 Å². The number of hydrogen-bond acceptors (Lipinski definition) is 5. The first kappa shape index (κ1) is 18.6. The normalized spacial score (nSPS) is 20.1. The summed E-state index contributed by atoms with van der Waals surface area (Å²) in [4.78, 5) is 7.00. The van der Waals surface area contributed by atoms with Crippen LogP contribution in [-0.2, 0) is 6.42 Å². The van der Waals surface area contributed by atoms with Gasteiger partial charge in [-0.3, -0.25) is 4.99 Å². The van der Waals surface area contributed by atoms with Gasteiger partial charge in [-0.15, -0.1) is 0 Å². The molecule has 1 fully saturated rings. The maximum Gasteiger partial charge on any atom is 0.140 e. The van der Waals surface area contributed by atoms with Crippen LogP contribution in [0.25, 0.3) is 5.57 Å². The van der Waals surface area contributed by atoms with E-state index in [1.54, 1.807) is 6.20 Å². The van der Waals surface area contributed by atoms with E-state index in [9.17, 15) is 0 Å². The van der Waals surface area contributed by atoms with E-state index < -0.39 is 0 Å². The van der Waals surface area contributed by atoms with E-state index in [1.807, 2.05) is 36.5 Å². The molecule has 5 heteroatoms. The number of rotatable bonds is 5. The molecule has 2 aliphatic rings. The van der Waals surface area contributed by atoms with Gasteiger partial charge in [0.15, 0.2) is 0 Å². The summed E-state index contributed by atoms with van der Waals surface area (Å²) >= 11 is 0. The zero-order chi connectivity index (χ0) is 19.5. The van der Waals surface area contributed by atoms with E-state index in [0.717, 1.165) is 48.6 Å². The van der Waals surface area contributed by atoms with Gasteiger partial charge in [0.25, 0.3) is 0 Å². The lowest BCUT2D eigenvalue weighted by Crippen LogP contribution is -2.45. The molecule has 0 aromatic heterocycles. The van der Waals surface area contributed by atoms with Crippen LogP contribution in [0, 0.1) is 0 Å². The maximum absolute atomic E-state index is 6.42. The summed E-state index contributed by atoms with van der Waals surface area (Å²) in [5.74, 6) is 1.72. The minimum Gasteiger partial charge on any atom is -0.456 e. The van der Waals surface area contributed by atoms with E-state index in [2.05, 4.69) is 41.3 Å². The predicted molar refractivity (Wildman–Crippen MR) is 116 cm³/mol. The third-order valence-corrected chi connectivity index (χ3v) is 5.73. The molecule has 0 aliphatic carbocycles. The van der Waals surface area contributed by atoms with E-state index >= 15 is 0 Å². The summed E-state index contributed by atoms with van der Waals surface area (Å²) in [5, 5.41) is 3.24. The summed E-state index contributed by atoms with van der Waals surface area (Å²) in [6.45, 7) is 4.11. The van der Waals surface area contributed by atoms with Crippen LogP contribution >= 0.6 is 0 Å². The van der Waals surface area contributed by atoms with E-state index in [0.29, 0.717) is 12.1 Å². The molecule has 1 saturated heterocycles. The van der Waals surface area contributed by atoms with Gasteiger partial charge >= 0.3 is 0 Å². The molecule has 4 rings (SSSR count). The highest BCUT2D eigenvalue weighted by Gasteiger charge is 2.26. The van der Waals surface area contributed by atoms with E-state index in [4.69, 9.17) is 10.5 Å². The number of aliphatic imine (C=N–C) groups is 1. The Hall–Kier alpha value is -2.79. The predicted octanol–water partition coefficient (Wildman–Crippen LogP) is 3.59. The second kappa shape index (κ2) is 8.07. The SMILES string of the molecule is CC1CCc2c(ccc(C(C=NC3CNC3)=CN)c2Oc2ccccc2)N1C. The number of fused-ring (bicyclic) bond motifs is 1. The summed E-state index contributed by atoms with van der Waals surface area (Å²) in [6.07, 6.45) is 5.60. The lowest BCUT2D eigenvalue weighted by atomic mass is 9.92. The van der Waals surface area contributed by atoms with Crippen molar-refractivity contribution in [1.29, 1.82) is 0 Å².